The highest BCUT2D eigenvalue weighted by Gasteiger charge is 2.48. The number of piperidine rings is 1. The number of rotatable bonds is 5. The van der Waals surface area contributed by atoms with Crippen LogP contribution >= 0.6 is 0 Å². The van der Waals surface area contributed by atoms with Gasteiger partial charge in [0.1, 0.15) is 5.82 Å². The molecule has 2 saturated heterocycles. The van der Waals surface area contributed by atoms with Crippen LogP contribution in [0.1, 0.15) is 43.9 Å². The summed E-state index contributed by atoms with van der Waals surface area (Å²) in [5.74, 6) is -0.391. The fourth-order valence-corrected chi connectivity index (χ4v) is 7.52. The maximum absolute atomic E-state index is 15.6. The van der Waals surface area contributed by atoms with E-state index in [4.69, 9.17) is 4.98 Å². The van der Waals surface area contributed by atoms with Crippen molar-refractivity contribution in [3.63, 3.8) is 0 Å². The normalized spacial score (nSPS) is 23.5. The molecule has 2 aliphatic rings. The number of hydrogen-bond acceptors (Lipinski definition) is 5. The smallest absolute Gasteiger partial charge is 0.175 e. The van der Waals surface area contributed by atoms with Crippen LogP contribution in [0.5, 0.6) is 0 Å². The van der Waals surface area contributed by atoms with E-state index >= 15 is 4.39 Å². The summed E-state index contributed by atoms with van der Waals surface area (Å²) in [6, 6.07) is 16.6. The zero-order valence-corrected chi connectivity index (χ0v) is 23.6. The average molecular weight is 548 g/mol. The van der Waals surface area contributed by atoms with Crippen LogP contribution in [0.2, 0.25) is 0 Å². The van der Waals surface area contributed by atoms with Crippen LogP contribution in [-0.4, -0.2) is 52.9 Å². The van der Waals surface area contributed by atoms with E-state index in [0.29, 0.717) is 41.7 Å². The van der Waals surface area contributed by atoms with Gasteiger partial charge in [-0.1, -0.05) is 31.2 Å². The van der Waals surface area contributed by atoms with E-state index in [0.717, 1.165) is 47.2 Å². The van der Waals surface area contributed by atoms with Crippen molar-refractivity contribution in [2.45, 2.75) is 62.1 Å². The largest absolute Gasteiger partial charge is 0.385 e. The lowest BCUT2D eigenvalue weighted by atomic mass is 9.80. The molecule has 2 aliphatic heterocycles. The molecule has 0 amide bonds. The lowest BCUT2D eigenvalue weighted by Gasteiger charge is -2.43. The van der Waals surface area contributed by atoms with Crippen LogP contribution in [0.4, 0.5) is 4.39 Å². The summed E-state index contributed by atoms with van der Waals surface area (Å²) in [6.45, 7) is 5.06. The van der Waals surface area contributed by atoms with Crippen molar-refractivity contribution in [1.82, 2.24) is 14.5 Å². The van der Waals surface area contributed by atoms with Gasteiger partial charge in [-0.25, -0.2) is 12.8 Å². The van der Waals surface area contributed by atoms with Gasteiger partial charge >= 0.3 is 0 Å². The minimum absolute atomic E-state index is 0.281. The zero-order chi connectivity index (χ0) is 27.7. The first-order chi connectivity index (χ1) is 18.5. The van der Waals surface area contributed by atoms with Crippen LogP contribution < -0.4 is 0 Å². The first kappa shape index (κ1) is 26.2. The summed E-state index contributed by atoms with van der Waals surface area (Å²) >= 11 is 0. The van der Waals surface area contributed by atoms with Crippen LogP contribution in [0.15, 0.2) is 59.5 Å². The first-order valence-electron chi connectivity index (χ1n) is 13.5. The second kappa shape index (κ2) is 9.25. The Bertz CT molecular complexity index is 1680. The molecular weight excluding hydrogens is 513 g/mol. The third-order valence-electron chi connectivity index (χ3n) is 8.86. The predicted molar refractivity (Wildman–Crippen MR) is 152 cm³/mol. The molecule has 0 spiro atoms. The van der Waals surface area contributed by atoms with Crippen LogP contribution in [0, 0.1) is 12.7 Å². The van der Waals surface area contributed by atoms with E-state index in [1.807, 2.05) is 48.9 Å². The van der Waals surface area contributed by atoms with Crippen molar-refractivity contribution in [2.75, 3.05) is 12.8 Å². The highest BCUT2D eigenvalue weighted by molar-refractivity contribution is 7.90. The summed E-state index contributed by atoms with van der Waals surface area (Å²) in [6.07, 6.45) is 4.45. The number of aliphatic hydroxyl groups is 1. The Labute approximate surface area is 229 Å². The maximum Gasteiger partial charge on any atom is 0.175 e. The molecule has 4 aromatic rings. The molecule has 204 valence electrons. The van der Waals surface area contributed by atoms with Gasteiger partial charge in [0, 0.05) is 53.3 Å². The fourth-order valence-electron chi connectivity index (χ4n) is 6.89. The van der Waals surface area contributed by atoms with Crippen LogP contribution in [0.3, 0.4) is 0 Å². The maximum atomic E-state index is 15.6. The molecule has 39 heavy (non-hydrogen) atoms. The van der Waals surface area contributed by atoms with Gasteiger partial charge in [0.15, 0.2) is 9.84 Å². The summed E-state index contributed by atoms with van der Waals surface area (Å²) in [4.78, 5) is 7.53. The number of nitrogens with zero attached hydrogens (tertiary/aromatic N) is 3. The molecule has 6 nitrogen and oxygen atoms in total. The first-order valence-corrected chi connectivity index (χ1v) is 15.4. The molecule has 3 atom stereocenters. The van der Waals surface area contributed by atoms with E-state index < -0.39 is 21.3 Å². The quantitative estimate of drug-likeness (QED) is 0.352. The number of fused-ring (bicyclic) bond motifs is 3. The lowest BCUT2D eigenvalue weighted by molar-refractivity contribution is -0.0574. The summed E-state index contributed by atoms with van der Waals surface area (Å²) in [5.41, 5.74) is 4.17. The number of pyridine rings is 1. The number of hydrogen-bond donors (Lipinski definition) is 1. The monoisotopic (exact) mass is 547 g/mol. The number of sulfone groups is 1. The van der Waals surface area contributed by atoms with Gasteiger partial charge in [0.25, 0.3) is 0 Å². The second-order valence-electron chi connectivity index (χ2n) is 11.3. The standard InChI is InChI=1S/C31H34FN3O3S/c1-5-35-22-9-10-23(35)18-31(36,17-22)26-13-8-21(14-27(26)32)28-16-30-25(19(2)33-28)15-29(34(30)3)20-6-11-24(12-7-20)39(4,37)38/h6-8,11-16,22-23,36H,5,9-10,17-18H2,1-4H3/t22-,23+,31?. The second-order valence-corrected chi connectivity index (χ2v) is 13.3. The van der Waals surface area contributed by atoms with E-state index in [1.54, 1.807) is 18.2 Å². The minimum atomic E-state index is -3.27. The van der Waals surface area contributed by atoms with Crippen molar-refractivity contribution in [3.8, 4) is 22.5 Å². The number of aromatic nitrogens is 2. The van der Waals surface area contributed by atoms with Gasteiger partial charge in [-0.3, -0.25) is 9.88 Å². The average Bonchev–Trinajstić information content (AvgIpc) is 3.37. The van der Waals surface area contributed by atoms with Gasteiger partial charge in [0.05, 0.1) is 21.7 Å². The summed E-state index contributed by atoms with van der Waals surface area (Å²) in [5, 5.41) is 12.5. The predicted octanol–water partition coefficient (Wildman–Crippen LogP) is 5.59. The van der Waals surface area contributed by atoms with Crippen molar-refractivity contribution in [1.29, 1.82) is 0 Å². The topological polar surface area (TPSA) is 75.4 Å². The van der Waals surface area contributed by atoms with Gasteiger partial charge in [-0.05, 0) is 75.0 Å². The van der Waals surface area contributed by atoms with Gasteiger partial charge in [-0.2, -0.15) is 0 Å². The molecular formula is C31H34FN3O3S. The minimum Gasteiger partial charge on any atom is -0.385 e. The SMILES string of the molecule is CCN1[C@@H]2CC[C@H]1CC(O)(c1ccc(-c3cc4c(cc(-c5ccc(S(C)(=O)=O)cc5)n4C)c(C)n3)cc1F)C2. The Kier molecular flexibility index (Phi) is 6.21. The molecule has 2 aromatic carbocycles. The highest BCUT2D eigenvalue weighted by atomic mass is 32.2. The summed E-state index contributed by atoms with van der Waals surface area (Å²) < 4.78 is 41.4. The molecule has 2 aromatic heterocycles. The van der Waals surface area contributed by atoms with Crippen molar-refractivity contribution < 1.29 is 17.9 Å². The molecule has 1 N–H and O–H groups in total. The Hall–Kier alpha value is -3.07. The Morgan fingerprint density at radius 2 is 1.67 bits per heavy atom. The lowest BCUT2D eigenvalue weighted by Crippen LogP contribution is -2.49. The molecule has 1 unspecified atom stereocenters. The zero-order valence-electron chi connectivity index (χ0n) is 22.8. The Balaban J connectivity index is 1.34. The van der Waals surface area contributed by atoms with Crippen molar-refractivity contribution in [2.24, 2.45) is 7.05 Å². The van der Waals surface area contributed by atoms with E-state index in [9.17, 15) is 13.5 Å². The Morgan fingerprint density at radius 3 is 2.26 bits per heavy atom. The number of aryl methyl sites for hydroxylation is 2. The molecule has 0 aliphatic carbocycles. The van der Waals surface area contributed by atoms with Gasteiger partial charge in [0.2, 0.25) is 0 Å². The molecule has 6 rings (SSSR count). The van der Waals surface area contributed by atoms with Crippen LogP contribution in [-0.2, 0) is 22.5 Å². The van der Waals surface area contributed by atoms with Gasteiger partial charge < -0.3 is 9.67 Å². The molecule has 0 radical (unpaired) electrons. The highest BCUT2D eigenvalue weighted by Crippen LogP contribution is 2.46. The van der Waals surface area contributed by atoms with Crippen molar-refractivity contribution in [3.05, 3.63) is 71.7 Å². The number of halogens is 1. The summed E-state index contributed by atoms with van der Waals surface area (Å²) in [7, 11) is -1.31. The van der Waals surface area contributed by atoms with Gasteiger partial charge in [-0.15, -0.1) is 0 Å². The molecule has 4 heterocycles. The molecule has 2 fully saturated rings. The van der Waals surface area contributed by atoms with E-state index in [2.05, 4.69) is 11.8 Å². The third-order valence-corrected chi connectivity index (χ3v) is 9.99. The number of benzene rings is 2. The third kappa shape index (κ3) is 4.39. The molecule has 0 saturated carbocycles. The van der Waals surface area contributed by atoms with E-state index in [1.165, 1.54) is 12.3 Å². The Morgan fingerprint density at radius 1 is 1.03 bits per heavy atom. The van der Waals surface area contributed by atoms with E-state index in [-0.39, 0.29) is 4.90 Å². The van der Waals surface area contributed by atoms with Crippen molar-refractivity contribution >= 4 is 20.7 Å². The molecule has 2 bridgehead atoms. The fraction of sp³-hybridized carbons (Fsp3) is 0.387. The molecule has 8 heteroatoms. The van der Waals surface area contributed by atoms with Crippen LogP contribution in [0.25, 0.3) is 33.4 Å².